The minimum atomic E-state index is -0.772. The molecule has 0 spiro atoms. The standard InChI is InChI=1S/C58H106O6/c1-4-7-10-13-16-19-22-24-26-28-30-31-33-36-39-42-45-48-51-57(60)63-54-55(53-62-56(59)50-47-44-41-38-35-21-18-15-12-9-6-3)64-58(61)52-49-46-43-40-37-34-32-29-27-25-23-20-17-14-11-8-5-2/h8,11,17,20,25,27,55H,4-7,9-10,12-16,18-19,21-24,26,28-54H2,1-3H3/b11-8-,20-17-,27-25-. The summed E-state index contributed by atoms with van der Waals surface area (Å²) in [5.74, 6) is -0.865. The van der Waals surface area contributed by atoms with Crippen molar-refractivity contribution in [2.45, 2.75) is 303 Å². The quantitative estimate of drug-likeness (QED) is 0.0262. The SMILES string of the molecule is CC/C=C\C/C=C\C/C=C\CCCCCCCCCC(=O)OC(COC(=O)CCCCCCCCCCCCC)COC(=O)CCCCCCCCCCCCCCCCCCCC. The number of unbranched alkanes of at least 4 members (excludes halogenated alkanes) is 34. The number of carbonyl (C=O) groups is 3. The molecule has 0 bridgehead atoms. The fourth-order valence-corrected chi connectivity index (χ4v) is 8.22. The van der Waals surface area contributed by atoms with E-state index in [4.69, 9.17) is 14.2 Å². The summed E-state index contributed by atoms with van der Waals surface area (Å²) >= 11 is 0. The van der Waals surface area contributed by atoms with Gasteiger partial charge in [-0.25, -0.2) is 0 Å². The Morgan fingerprint density at radius 1 is 0.328 bits per heavy atom. The van der Waals surface area contributed by atoms with Crippen LogP contribution in [-0.2, 0) is 28.6 Å². The topological polar surface area (TPSA) is 78.9 Å². The van der Waals surface area contributed by atoms with E-state index >= 15 is 0 Å². The molecular weight excluding hydrogens is 793 g/mol. The molecule has 0 amide bonds. The summed E-state index contributed by atoms with van der Waals surface area (Å²) in [7, 11) is 0. The highest BCUT2D eigenvalue weighted by Gasteiger charge is 2.19. The molecule has 0 aromatic carbocycles. The zero-order valence-corrected chi connectivity index (χ0v) is 42.8. The van der Waals surface area contributed by atoms with Crippen LogP contribution in [0.4, 0.5) is 0 Å². The van der Waals surface area contributed by atoms with Crippen molar-refractivity contribution in [2.75, 3.05) is 13.2 Å². The van der Waals surface area contributed by atoms with Crippen LogP contribution in [0.15, 0.2) is 36.5 Å². The van der Waals surface area contributed by atoms with Gasteiger partial charge in [-0.15, -0.1) is 0 Å². The lowest BCUT2D eigenvalue weighted by Crippen LogP contribution is -2.30. The number of esters is 3. The molecular formula is C58H106O6. The molecule has 0 N–H and O–H groups in total. The third-order valence-corrected chi connectivity index (χ3v) is 12.4. The van der Waals surface area contributed by atoms with Crippen molar-refractivity contribution < 1.29 is 28.6 Å². The molecule has 0 heterocycles. The second kappa shape index (κ2) is 53.2. The second-order valence-corrected chi connectivity index (χ2v) is 18.8. The molecule has 0 aliphatic carbocycles. The van der Waals surface area contributed by atoms with E-state index < -0.39 is 6.10 Å². The van der Waals surface area contributed by atoms with Crippen molar-refractivity contribution >= 4 is 17.9 Å². The van der Waals surface area contributed by atoms with Crippen molar-refractivity contribution in [3.63, 3.8) is 0 Å². The average Bonchev–Trinajstić information content (AvgIpc) is 3.29. The Bertz CT molecular complexity index is 1080. The van der Waals surface area contributed by atoms with Gasteiger partial charge in [0.15, 0.2) is 6.10 Å². The largest absolute Gasteiger partial charge is 0.462 e. The maximum absolute atomic E-state index is 12.8. The first-order chi connectivity index (χ1) is 31.5. The van der Waals surface area contributed by atoms with E-state index in [1.54, 1.807) is 0 Å². The third-order valence-electron chi connectivity index (χ3n) is 12.4. The van der Waals surface area contributed by atoms with Gasteiger partial charge in [0.1, 0.15) is 13.2 Å². The van der Waals surface area contributed by atoms with Crippen LogP contribution in [0.25, 0.3) is 0 Å². The highest BCUT2D eigenvalue weighted by Crippen LogP contribution is 2.17. The van der Waals surface area contributed by atoms with E-state index in [-0.39, 0.29) is 31.1 Å². The van der Waals surface area contributed by atoms with E-state index in [1.165, 1.54) is 173 Å². The minimum Gasteiger partial charge on any atom is -0.462 e. The van der Waals surface area contributed by atoms with Crippen molar-refractivity contribution in [1.29, 1.82) is 0 Å². The number of allylic oxidation sites excluding steroid dienone is 6. The summed E-state index contributed by atoms with van der Waals surface area (Å²) in [5, 5.41) is 0. The fourth-order valence-electron chi connectivity index (χ4n) is 8.22. The molecule has 64 heavy (non-hydrogen) atoms. The lowest BCUT2D eigenvalue weighted by atomic mass is 10.0. The Morgan fingerprint density at radius 2 is 0.609 bits per heavy atom. The van der Waals surface area contributed by atoms with Gasteiger partial charge in [-0.05, 0) is 51.4 Å². The van der Waals surface area contributed by atoms with E-state index in [2.05, 4.69) is 57.2 Å². The zero-order valence-electron chi connectivity index (χ0n) is 42.8. The van der Waals surface area contributed by atoms with Gasteiger partial charge in [0.2, 0.25) is 0 Å². The Balaban J connectivity index is 4.31. The molecule has 0 aliphatic rings. The Kier molecular flexibility index (Phi) is 51.3. The van der Waals surface area contributed by atoms with Gasteiger partial charge >= 0.3 is 17.9 Å². The van der Waals surface area contributed by atoms with Crippen LogP contribution in [-0.4, -0.2) is 37.2 Å². The first-order valence-electron chi connectivity index (χ1n) is 28.0. The number of rotatable bonds is 51. The van der Waals surface area contributed by atoms with Crippen molar-refractivity contribution in [3.8, 4) is 0 Å². The summed E-state index contributed by atoms with van der Waals surface area (Å²) in [4.78, 5) is 38.1. The normalized spacial score (nSPS) is 12.2. The summed E-state index contributed by atoms with van der Waals surface area (Å²) in [6.45, 7) is 6.55. The van der Waals surface area contributed by atoms with Gasteiger partial charge in [0, 0.05) is 19.3 Å². The van der Waals surface area contributed by atoms with Crippen LogP contribution >= 0.6 is 0 Å². The van der Waals surface area contributed by atoms with E-state index in [0.29, 0.717) is 19.3 Å². The lowest BCUT2D eigenvalue weighted by Gasteiger charge is -2.18. The maximum atomic E-state index is 12.8. The van der Waals surface area contributed by atoms with Crippen LogP contribution in [0, 0.1) is 0 Å². The number of hydrogen-bond donors (Lipinski definition) is 0. The molecule has 0 aromatic rings. The molecule has 0 saturated carbocycles. The molecule has 0 fully saturated rings. The van der Waals surface area contributed by atoms with Crippen LogP contribution in [0.1, 0.15) is 297 Å². The maximum Gasteiger partial charge on any atom is 0.306 e. The fraction of sp³-hybridized carbons (Fsp3) is 0.845. The molecule has 6 nitrogen and oxygen atoms in total. The van der Waals surface area contributed by atoms with E-state index in [1.807, 2.05) is 0 Å². The van der Waals surface area contributed by atoms with Crippen LogP contribution in [0.5, 0.6) is 0 Å². The lowest BCUT2D eigenvalue weighted by molar-refractivity contribution is -0.167. The molecule has 1 atom stereocenters. The predicted molar refractivity (Wildman–Crippen MR) is 275 cm³/mol. The van der Waals surface area contributed by atoms with E-state index in [0.717, 1.165) is 83.5 Å². The minimum absolute atomic E-state index is 0.0715. The molecule has 374 valence electrons. The van der Waals surface area contributed by atoms with Crippen LogP contribution in [0.3, 0.4) is 0 Å². The highest BCUT2D eigenvalue weighted by molar-refractivity contribution is 5.71. The van der Waals surface area contributed by atoms with Gasteiger partial charge in [-0.2, -0.15) is 0 Å². The van der Waals surface area contributed by atoms with Gasteiger partial charge in [0.05, 0.1) is 0 Å². The van der Waals surface area contributed by atoms with Gasteiger partial charge in [0.25, 0.3) is 0 Å². The summed E-state index contributed by atoms with van der Waals surface area (Å²) < 4.78 is 16.8. The monoisotopic (exact) mass is 899 g/mol. The Morgan fingerprint density at radius 3 is 0.953 bits per heavy atom. The number of ether oxygens (including phenoxy) is 3. The van der Waals surface area contributed by atoms with Crippen molar-refractivity contribution in [3.05, 3.63) is 36.5 Å². The Hall–Kier alpha value is -2.37. The number of hydrogen-bond acceptors (Lipinski definition) is 6. The summed E-state index contributed by atoms with van der Waals surface area (Å²) in [6, 6.07) is 0. The van der Waals surface area contributed by atoms with Crippen molar-refractivity contribution in [2.24, 2.45) is 0 Å². The molecule has 0 saturated heterocycles. The average molecular weight is 899 g/mol. The molecule has 1 unspecified atom stereocenters. The number of carbonyl (C=O) groups excluding carboxylic acids is 3. The highest BCUT2D eigenvalue weighted by atomic mass is 16.6. The smallest absolute Gasteiger partial charge is 0.306 e. The molecule has 0 aromatic heterocycles. The van der Waals surface area contributed by atoms with Gasteiger partial charge in [-0.3, -0.25) is 14.4 Å². The summed E-state index contributed by atoms with van der Waals surface area (Å²) in [6.07, 6.45) is 62.7. The van der Waals surface area contributed by atoms with Crippen molar-refractivity contribution in [1.82, 2.24) is 0 Å². The second-order valence-electron chi connectivity index (χ2n) is 18.8. The molecule has 6 heteroatoms. The first-order valence-corrected chi connectivity index (χ1v) is 28.0. The van der Waals surface area contributed by atoms with E-state index in [9.17, 15) is 14.4 Å². The molecule has 0 rings (SSSR count). The molecule has 0 aliphatic heterocycles. The van der Waals surface area contributed by atoms with Crippen LogP contribution in [0.2, 0.25) is 0 Å². The van der Waals surface area contributed by atoms with Crippen LogP contribution < -0.4 is 0 Å². The van der Waals surface area contributed by atoms with Gasteiger partial charge in [-0.1, -0.05) is 263 Å². The first kappa shape index (κ1) is 61.6. The zero-order chi connectivity index (χ0) is 46.5. The summed E-state index contributed by atoms with van der Waals surface area (Å²) in [5.41, 5.74) is 0. The van der Waals surface area contributed by atoms with Gasteiger partial charge < -0.3 is 14.2 Å². The molecule has 0 radical (unpaired) electrons. The predicted octanol–water partition coefficient (Wildman–Crippen LogP) is 18.5. The Labute approximate surface area is 397 Å². The third kappa shape index (κ3) is 50.6.